The van der Waals surface area contributed by atoms with Crippen LogP contribution in [0.1, 0.15) is 12.5 Å². The van der Waals surface area contributed by atoms with Crippen molar-refractivity contribution >= 4 is 56.1 Å². The SMILES string of the molecule is CC(=O)Oc1c(-c2cccc(Cl)c2)c2cc(CCBr)c(Cl)cc2oc1=O. The highest BCUT2D eigenvalue weighted by molar-refractivity contribution is 9.09. The van der Waals surface area contributed by atoms with E-state index in [0.29, 0.717) is 38.6 Å². The van der Waals surface area contributed by atoms with Crippen LogP contribution < -0.4 is 10.4 Å². The average Bonchev–Trinajstić information content (AvgIpc) is 2.57. The molecule has 0 unspecified atom stereocenters. The van der Waals surface area contributed by atoms with Gasteiger partial charge in [-0.15, -0.1) is 0 Å². The Labute approximate surface area is 167 Å². The van der Waals surface area contributed by atoms with Crippen LogP contribution in [0.15, 0.2) is 45.6 Å². The van der Waals surface area contributed by atoms with Crippen molar-refractivity contribution in [1.29, 1.82) is 0 Å². The van der Waals surface area contributed by atoms with Gasteiger partial charge in [0.2, 0.25) is 5.75 Å². The zero-order valence-corrected chi connectivity index (χ0v) is 16.7. The van der Waals surface area contributed by atoms with Gasteiger partial charge in [-0.2, -0.15) is 0 Å². The number of hydrogen-bond donors (Lipinski definition) is 0. The Kier molecular flexibility index (Phi) is 5.70. The van der Waals surface area contributed by atoms with Crippen molar-refractivity contribution in [3.8, 4) is 16.9 Å². The van der Waals surface area contributed by atoms with E-state index in [1.54, 1.807) is 30.3 Å². The topological polar surface area (TPSA) is 56.5 Å². The van der Waals surface area contributed by atoms with Crippen LogP contribution >= 0.6 is 39.1 Å². The fraction of sp³-hybridized carbons (Fsp3) is 0.158. The maximum absolute atomic E-state index is 12.4. The maximum Gasteiger partial charge on any atom is 0.380 e. The van der Waals surface area contributed by atoms with E-state index in [4.69, 9.17) is 32.4 Å². The fourth-order valence-electron chi connectivity index (χ4n) is 2.71. The molecule has 0 saturated heterocycles. The molecule has 0 aliphatic heterocycles. The molecule has 0 aliphatic rings. The largest absolute Gasteiger partial charge is 0.420 e. The second-order valence-electron chi connectivity index (χ2n) is 5.58. The fourth-order valence-corrected chi connectivity index (χ4v) is 3.58. The summed E-state index contributed by atoms with van der Waals surface area (Å²) in [6.45, 7) is 1.23. The Hall–Kier alpha value is -1.82. The molecule has 0 fully saturated rings. The molecule has 0 spiro atoms. The minimum atomic E-state index is -0.757. The smallest absolute Gasteiger partial charge is 0.380 e. The number of ether oxygens (including phenoxy) is 1. The van der Waals surface area contributed by atoms with E-state index in [1.807, 2.05) is 6.07 Å². The van der Waals surface area contributed by atoms with Gasteiger partial charge in [-0.3, -0.25) is 4.79 Å². The monoisotopic (exact) mass is 454 g/mol. The Morgan fingerprint density at radius 2 is 2.00 bits per heavy atom. The number of aryl methyl sites for hydroxylation is 1. The lowest BCUT2D eigenvalue weighted by atomic mass is 9.99. The van der Waals surface area contributed by atoms with Crippen molar-refractivity contribution in [2.24, 2.45) is 0 Å². The molecule has 1 aromatic heterocycles. The molecule has 0 bridgehead atoms. The number of esters is 1. The maximum atomic E-state index is 12.4. The standard InChI is InChI=1S/C19H13BrCl2O4/c1-10(23)25-18-17(12-3-2-4-13(21)7-12)14-8-11(5-6-20)15(22)9-16(14)26-19(18)24/h2-4,7-9H,5-6H2,1H3. The molecule has 0 saturated carbocycles. The van der Waals surface area contributed by atoms with Gasteiger partial charge in [0.05, 0.1) is 0 Å². The van der Waals surface area contributed by atoms with Crippen molar-refractivity contribution in [1.82, 2.24) is 0 Å². The van der Waals surface area contributed by atoms with E-state index in [9.17, 15) is 9.59 Å². The van der Waals surface area contributed by atoms with Gasteiger partial charge in [0.15, 0.2) is 0 Å². The highest BCUT2D eigenvalue weighted by Crippen LogP contribution is 2.38. The summed E-state index contributed by atoms with van der Waals surface area (Å²) in [7, 11) is 0. The lowest BCUT2D eigenvalue weighted by Crippen LogP contribution is -2.13. The average molecular weight is 456 g/mol. The van der Waals surface area contributed by atoms with Crippen molar-refractivity contribution < 1.29 is 13.9 Å². The molecule has 2 aromatic carbocycles. The molecule has 7 heteroatoms. The first-order chi connectivity index (χ1) is 12.4. The number of hydrogen-bond acceptors (Lipinski definition) is 4. The van der Waals surface area contributed by atoms with Gasteiger partial charge in [0.1, 0.15) is 5.58 Å². The Balaban J connectivity index is 2.43. The Morgan fingerprint density at radius 3 is 2.65 bits per heavy atom. The van der Waals surface area contributed by atoms with Gasteiger partial charge in [-0.05, 0) is 35.7 Å². The minimum Gasteiger partial charge on any atom is -0.420 e. The van der Waals surface area contributed by atoms with E-state index in [2.05, 4.69) is 15.9 Å². The third-order valence-corrected chi connectivity index (χ3v) is 4.74. The van der Waals surface area contributed by atoms with Gasteiger partial charge < -0.3 is 9.15 Å². The van der Waals surface area contributed by atoms with E-state index in [-0.39, 0.29) is 5.75 Å². The summed E-state index contributed by atoms with van der Waals surface area (Å²) in [5.74, 6) is -0.783. The Bertz CT molecular complexity index is 1060. The normalized spacial score (nSPS) is 10.9. The van der Waals surface area contributed by atoms with Gasteiger partial charge in [0.25, 0.3) is 0 Å². The van der Waals surface area contributed by atoms with E-state index >= 15 is 0 Å². The molecule has 134 valence electrons. The third kappa shape index (κ3) is 3.80. The number of alkyl halides is 1. The molecule has 0 aliphatic carbocycles. The van der Waals surface area contributed by atoms with Gasteiger partial charge in [0, 0.05) is 39.3 Å². The molecule has 3 rings (SSSR count). The molecule has 0 atom stereocenters. The van der Waals surface area contributed by atoms with Crippen LogP contribution in [0.5, 0.6) is 5.75 Å². The second-order valence-corrected chi connectivity index (χ2v) is 7.21. The number of rotatable bonds is 4. The summed E-state index contributed by atoms with van der Waals surface area (Å²) in [5, 5.41) is 2.33. The number of fused-ring (bicyclic) bond motifs is 1. The Morgan fingerprint density at radius 1 is 1.23 bits per heavy atom. The number of halogens is 3. The summed E-state index contributed by atoms with van der Waals surface area (Å²) in [5.41, 5.74) is 1.51. The zero-order valence-electron chi connectivity index (χ0n) is 13.6. The first-order valence-electron chi connectivity index (χ1n) is 7.70. The molecular weight excluding hydrogens is 443 g/mol. The molecule has 0 radical (unpaired) electrons. The van der Waals surface area contributed by atoms with Crippen LogP contribution in [-0.4, -0.2) is 11.3 Å². The lowest BCUT2D eigenvalue weighted by Gasteiger charge is -2.13. The number of carbonyl (C=O) groups excluding carboxylic acids is 1. The zero-order chi connectivity index (χ0) is 18.8. The van der Waals surface area contributed by atoms with Gasteiger partial charge in [-0.25, -0.2) is 4.79 Å². The van der Waals surface area contributed by atoms with Crippen molar-refractivity contribution in [2.45, 2.75) is 13.3 Å². The molecule has 0 N–H and O–H groups in total. The van der Waals surface area contributed by atoms with Crippen LogP contribution in [0.25, 0.3) is 22.1 Å². The van der Waals surface area contributed by atoms with E-state index in [1.165, 1.54) is 6.92 Å². The quantitative estimate of drug-likeness (QED) is 0.290. The number of carbonyl (C=O) groups is 1. The lowest BCUT2D eigenvalue weighted by molar-refractivity contribution is -0.132. The molecular formula is C19H13BrCl2O4. The summed E-state index contributed by atoms with van der Waals surface area (Å²) in [4.78, 5) is 24.0. The summed E-state index contributed by atoms with van der Waals surface area (Å²) < 4.78 is 10.5. The van der Waals surface area contributed by atoms with Gasteiger partial charge in [-0.1, -0.05) is 51.3 Å². The molecule has 3 aromatic rings. The van der Waals surface area contributed by atoms with E-state index < -0.39 is 11.6 Å². The van der Waals surface area contributed by atoms with Crippen LogP contribution in [0.2, 0.25) is 10.0 Å². The van der Waals surface area contributed by atoms with Crippen molar-refractivity contribution in [3.63, 3.8) is 0 Å². The van der Waals surface area contributed by atoms with Crippen LogP contribution in [0.4, 0.5) is 0 Å². The van der Waals surface area contributed by atoms with Crippen LogP contribution in [0, 0.1) is 0 Å². The first kappa shape index (κ1) is 19.0. The summed E-state index contributed by atoms with van der Waals surface area (Å²) in [6, 6.07) is 10.4. The summed E-state index contributed by atoms with van der Waals surface area (Å²) >= 11 is 15.8. The van der Waals surface area contributed by atoms with Crippen LogP contribution in [-0.2, 0) is 11.2 Å². The highest BCUT2D eigenvalue weighted by Gasteiger charge is 2.21. The van der Waals surface area contributed by atoms with Crippen molar-refractivity contribution in [2.75, 3.05) is 5.33 Å². The van der Waals surface area contributed by atoms with Crippen molar-refractivity contribution in [3.05, 3.63) is 62.4 Å². The minimum absolute atomic E-state index is 0.167. The van der Waals surface area contributed by atoms with E-state index in [0.717, 1.165) is 10.9 Å². The highest BCUT2D eigenvalue weighted by atomic mass is 79.9. The number of benzene rings is 2. The second kappa shape index (κ2) is 7.82. The third-order valence-electron chi connectivity index (χ3n) is 3.76. The molecule has 4 nitrogen and oxygen atoms in total. The van der Waals surface area contributed by atoms with Gasteiger partial charge >= 0.3 is 11.6 Å². The predicted octanol–water partition coefficient (Wildman–Crippen LogP) is 5.63. The molecule has 26 heavy (non-hydrogen) atoms. The molecule has 0 amide bonds. The predicted molar refractivity (Wildman–Crippen MR) is 107 cm³/mol. The molecule has 1 heterocycles. The summed E-state index contributed by atoms with van der Waals surface area (Å²) in [6.07, 6.45) is 0.686. The first-order valence-corrected chi connectivity index (χ1v) is 9.58. The van der Waals surface area contributed by atoms with Crippen LogP contribution in [0.3, 0.4) is 0 Å².